The van der Waals surface area contributed by atoms with Crippen LogP contribution in [0.3, 0.4) is 0 Å². The molecule has 1 aromatic heterocycles. The quantitative estimate of drug-likeness (QED) is 0.618. The van der Waals surface area contributed by atoms with Gasteiger partial charge in [0.05, 0.1) is 11.6 Å². The van der Waals surface area contributed by atoms with Crippen LogP contribution in [0.25, 0.3) is 10.9 Å². The summed E-state index contributed by atoms with van der Waals surface area (Å²) in [7, 11) is 0. The summed E-state index contributed by atoms with van der Waals surface area (Å²) in [6.07, 6.45) is 0.725. The molecule has 4 N–H and O–H groups in total. The highest BCUT2D eigenvalue weighted by Crippen LogP contribution is 2.41. The highest BCUT2D eigenvalue weighted by atomic mass is 16.4. The maximum absolute atomic E-state index is 12.4. The van der Waals surface area contributed by atoms with Crippen LogP contribution < -0.4 is 10.6 Å². The summed E-state index contributed by atoms with van der Waals surface area (Å²) in [5.74, 6) is -2.51. The van der Waals surface area contributed by atoms with Crippen LogP contribution in [-0.4, -0.2) is 33.8 Å². The number of fused-ring (bicyclic) bond motifs is 3. The number of amides is 3. The molecule has 1 aromatic carbocycles. The molecule has 2 aromatic rings. The van der Waals surface area contributed by atoms with Gasteiger partial charge in [0.15, 0.2) is 0 Å². The monoisotopic (exact) mass is 355 g/mol. The van der Waals surface area contributed by atoms with Crippen LogP contribution >= 0.6 is 0 Å². The van der Waals surface area contributed by atoms with Gasteiger partial charge in [-0.3, -0.25) is 19.7 Å². The van der Waals surface area contributed by atoms with Crippen molar-refractivity contribution in [3.63, 3.8) is 0 Å². The van der Waals surface area contributed by atoms with Crippen LogP contribution in [0, 0.1) is 11.8 Å². The Morgan fingerprint density at radius 2 is 2.04 bits per heavy atom. The van der Waals surface area contributed by atoms with Crippen molar-refractivity contribution in [2.45, 2.75) is 25.8 Å². The molecule has 1 fully saturated rings. The van der Waals surface area contributed by atoms with Crippen molar-refractivity contribution < 1.29 is 24.3 Å². The molecule has 0 saturated carbocycles. The van der Waals surface area contributed by atoms with Crippen molar-refractivity contribution in [1.29, 1.82) is 0 Å². The van der Waals surface area contributed by atoms with Crippen LogP contribution in [0.15, 0.2) is 18.2 Å². The number of benzene rings is 1. The number of carbonyl (C=O) groups excluding carboxylic acids is 3. The lowest BCUT2D eigenvalue weighted by molar-refractivity contribution is -0.137. The Morgan fingerprint density at radius 3 is 2.73 bits per heavy atom. The average Bonchev–Trinajstić information content (AvgIpc) is 3.11. The number of piperidine rings is 1. The molecule has 3 atom stereocenters. The van der Waals surface area contributed by atoms with Gasteiger partial charge in [0.25, 0.3) is 5.91 Å². The van der Waals surface area contributed by atoms with E-state index in [1.165, 1.54) is 12.1 Å². The fraction of sp³-hybridized carbons (Fsp3) is 0.333. The zero-order chi connectivity index (χ0) is 18.6. The van der Waals surface area contributed by atoms with Crippen LogP contribution in [0.1, 0.15) is 52.2 Å². The molecule has 134 valence electrons. The van der Waals surface area contributed by atoms with Crippen molar-refractivity contribution >= 4 is 34.6 Å². The third-order valence-corrected chi connectivity index (χ3v) is 5.35. The predicted molar refractivity (Wildman–Crippen MR) is 90.5 cm³/mol. The normalized spacial score (nSPS) is 23.5. The number of hydrogen-bond acceptors (Lipinski definition) is 4. The second-order valence-corrected chi connectivity index (χ2v) is 6.85. The molecule has 8 heteroatoms. The highest BCUT2D eigenvalue weighted by molar-refractivity contribution is 6.06. The molecule has 26 heavy (non-hydrogen) atoms. The topological polar surface area (TPSA) is 128 Å². The summed E-state index contributed by atoms with van der Waals surface area (Å²) in [5, 5.41) is 15.2. The molecule has 2 aliphatic heterocycles. The van der Waals surface area contributed by atoms with E-state index < -0.39 is 5.97 Å². The first-order valence-electron chi connectivity index (χ1n) is 8.40. The fourth-order valence-electron chi connectivity index (χ4n) is 3.98. The number of hydrogen-bond donors (Lipinski definition) is 4. The van der Waals surface area contributed by atoms with Crippen molar-refractivity contribution in [3.05, 3.63) is 35.0 Å². The number of carboxylic acid groups (broad SMARTS) is 1. The summed E-state index contributed by atoms with van der Waals surface area (Å²) in [5.41, 5.74) is 1.85. The maximum Gasteiger partial charge on any atom is 0.335 e. The molecule has 2 aliphatic rings. The van der Waals surface area contributed by atoms with Crippen molar-refractivity contribution in [1.82, 2.24) is 15.6 Å². The third kappa shape index (κ3) is 2.37. The Morgan fingerprint density at radius 1 is 1.27 bits per heavy atom. The van der Waals surface area contributed by atoms with E-state index in [4.69, 9.17) is 5.11 Å². The highest BCUT2D eigenvalue weighted by Gasteiger charge is 2.42. The van der Waals surface area contributed by atoms with Crippen molar-refractivity contribution in [2.24, 2.45) is 11.8 Å². The number of rotatable bonds is 3. The number of nitrogens with one attached hydrogen (secondary N) is 3. The number of H-pyrrole nitrogens is 1. The fourth-order valence-corrected chi connectivity index (χ4v) is 3.98. The molecule has 3 heterocycles. The predicted octanol–water partition coefficient (Wildman–Crippen LogP) is 1.34. The lowest BCUT2D eigenvalue weighted by Gasteiger charge is -2.30. The smallest absolute Gasteiger partial charge is 0.335 e. The lowest BCUT2D eigenvalue weighted by atomic mass is 9.80. The Balaban J connectivity index is 1.74. The molecule has 3 amide bonds. The van der Waals surface area contributed by atoms with E-state index in [0.29, 0.717) is 17.6 Å². The van der Waals surface area contributed by atoms with Crippen LogP contribution in [0.4, 0.5) is 0 Å². The number of aromatic amines is 1. The van der Waals surface area contributed by atoms with E-state index in [1.807, 2.05) is 6.92 Å². The minimum absolute atomic E-state index is 0.132. The standard InChI is InChI=1S/C18H17N3O5/c1-7(9-4-5-12(22)20-16(9)23)14-13-10-3-2-8(18(25)26)6-11(10)19-15(13)17(24)21-14/h2-3,6-7,9,14,19H,4-5H2,1H3,(H,21,24)(H,25,26)(H,20,22,23). The van der Waals surface area contributed by atoms with Gasteiger partial charge in [-0.15, -0.1) is 0 Å². The van der Waals surface area contributed by atoms with E-state index >= 15 is 0 Å². The molecular weight excluding hydrogens is 338 g/mol. The van der Waals surface area contributed by atoms with Gasteiger partial charge < -0.3 is 15.4 Å². The van der Waals surface area contributed by atoms with Gasteiger partial charge in [-0.25, -0.2) is 4.79 Å². The molecular formula is C18H17N3O5. The Bertz CT molecular complexity index is 977. The van der Waals surface area contributed by atoms with Gasteiger partial charge in [0.2, 0.25) is 11.8 Å². The molecule has 0 bridgehead atoms. The summed E-state index contributed by atoms with van der Waals surface area (Å²) in [6.45, 7) is 1.88. The van der Waals surface area contributed by atoms with Crippen LogP contribution in [0.2, 0.25) is 0 Å². The largest absolute Gasteiger partial charge is 0.478 e. The van der Waals surface area contributed by atoms with Crippen LogP contribution in [-0.2, 0) is 9.59 Å². The van der Waals surface area contributed by atoms with Gasteiger partial charge in [-0.1, -0.05) is 13.0 Å². The molecule has 4 rings (SSSR count). The summed E-state index contributed by atoms with van der Waals surface area (Å²) < 4.78 is 0. The van der Waals surface area contributed by atoms with Gasteiger partial charge >= 0.3 is 5.97 Å². The van der Waals surface area contributed by atoms with Crippen molar-refractivity contribution in [2.75, 3.05) is 0 Å². The molecule has 1 saturated heterocycles. The second kappa shape index (κ2) is 5.69. The molecule has 3 unspecified atom stereocenters. The van der Waals surface area contributed by atoms with Crippen molar-refractivity contribution in [3.8, 4) is 0 Å². The Labute approximate surface area is 148 Å². The van der Waals surface area contributed by atoms with Crippen LogP contribution in [0.5, 0.6) is 0 Å². The molecule has 8 nitrogen and oxygen atoms in total. The van der Waals surface area contributed by atoms with Gasteiger partial charge in [0.1, 0.15) is 5.69 Å². The lowest BCUT2D eigenvalue weighted by Crippen LogP contribution is -2.45. The number of imide groups is 1. The summed E-state index contributed by atoms with van der Waals surface area (Å²) in [6, 6.07) is 4.29. The van der Waals surface area contributed by atoms with Gasteiger partial charge in [0, 0.05) is 28.8 Å². The average molecular weight is 355 g/mol. The third-order valence-electron chi connectivity index (χ3n) is 5.35. The number of aromatic carboxylic acids is 1. The first-order chi connectivity index (χ1) is 12.4. The van der Waals surface area contributed by atoms with E-state index in [1.54, 1.807) is 6.07 Å². The molecule has 0 spiro atoms. The number of carbonyl (C=O) groups is 4. The number of aromatic nitrogens is 1. The van der Waals surface area contributed by atoms with E-state index in [-0.39, 0.29) is 47.6 Å². The zero-order valence-corrected chi connectivity index (χ0v) is 14.0. The Kier molecular flexibility index (Phi) is 3.57. The molecule has 0 radical (unpaired) electrons. The summed E-state index contributed by atoms with van der Waals surface area (Å²) >= 11 is 0. The Hall–Kier alpha value is -3.16. The second-order valence-electron chi connectivity index (χ2n) is 6.85. The zero-order valence-electron chi connectivity index (χ0n) is 14.0. The first-order valence-corrected chi connectivity index (χ1v) is 8.40. The van der Waals surface area contributed by atoms with Gasteiger partial charge in [-0.2, -0.15) is 0 Å². The van der Waals surface area contributed by atoms with E-state index in [2.05, 4.69) is 15.6 Å². The maximum atomic E-state index is 12.4. The minimum atomic E-state index is -1.04. The SMILES string of the molecule is CC(C1CCC(=O)NC1=O)C1NC(=O)c2[nH]c3cc(C(=O)O)ccc3c21. The molecule has 0 aliphatic carbocycles. The minimum Gasteiger partial charge on any atom is -0.478 e. The van der Waals surface area contributed by atoms with E-state index in [0.717, 1.165) is 10.9 Å². The summed E-state index contributed by atoms with van der Waals surface area (Å²) in [4.78, 5) is 50.1. The van der Waals surface area contributed by atoms with E-state index in [9.17, 15) is 19.2 Å². The first kappa shape index (κ1) is 16.3. The number of carboxylic acids is 1. The van der Waals surface area contributed by atoms with Gasteiger partial charge in [-0.05, 0) is 24.5 Å².